The summed E-state index contributed by atoms with van der Waals surface area (Å²) in [6.07, 6.45) is 4.06. The van der Waals surface area contributed by atoms with Gasteiger partial charge in [0.2, 0.25) is 0 Å². The van der Waals surface area contributed by atoms with Crippen molar-refractivity contribution >= 4 is 28.8 Å². The molecule has 6 heteroatoms. The van der Waals surface area contributed by atoms with Gasteiger partial charge in [0.1, 0.15) is 5.02 Å². The predicted molar refractivity (Wildman–Crippen MR) is 57.4 cm³/mol. The highest BCUT2D eigenvalue weighted by Gasteiger charge is 2.07. The second kappa shape index (κ2) is 4.13. The predicted octanol–water partition coefficient (Wildman–Crippen LogP) is 2.76. The minimum absolute atomic E-state index is 0. The summed E-state index contributed by atoms with van der Waals surface area (Å²) >= 11 is 11.8. The van der Waals surface area contributed by atoms with Crippen molar-refractivity contribution < 1.29 is 0 Å². The second-order valence-corrected chi connectivity index (χ2v) is 3.46. The van der Waals surface area contributed by atoms with Gasteiger partial charge in [0, 0.05) is 0 Å². The summed E-state index contributed by atoms with van der Waals surface area (Å²) in [5.74, 6) is 0. The summed E-state index contributed by atoms with van der Waals surface area (Å²) in [6, 6.07) is 0. The zero-order valence-corrected chi connectivity index (χ0v) is 9.18. The Hall–Kier alpha value is -0.840. The highest BCUT2D eigenvalue weighted by Crippen LogP contribution is 2.19. The Bertz CT molecular complexity index is 452. The molecule has 0 aromatic carbocycles. The van der Waals surface area contributed by atoms with Crippen LogP contribution in [0.25, 0.3) is 5.65 Å². The summed E-state index contributed by atoms with van der Waals surface area (Å²) in [5.41, 5.74) is 1.50. The summed E-state index contributed by atoms with van der Waals surface area (Å²) in [7, 11) is 0. The summed E-state index contributed by atoms with van der Waals surface area (Å²) in [4.78, 5) is 4.29. The van der Waals surface area contributed by atoms with Crippen molar-refractivity contribution in [3.63, 3.8) is 0 Å². The molecule has 76 valence electrons. The number of hydrogen-bond acceptors (Lipinski definition) is 3. The van der Waals surface area contributed by atoms with Crippen molar-refractivity contribution in [3.05, 3.63) is 28.1 Å². The van der Waals surface area contributed by atoms with Gasteiger partial charge in [-0.1, -0.05) is 30.1 Å². The first-order valence-electron chi connectivity index (χ1n) is 3.90. The molecular weight excluding hydrogens is 223 g/mol. The van der Waals surface area contributed by atoms with Gasteiger partial charge in [-0.15, -0.1) is 0 Å². The average Bonchev–Trinajstić information content (AvgIpc) is 2.46. The smallest absolute Gasteiger partial charge is 0.174 e. The number of rotatable bonds is 1. The van der Waals surface area contributed by atoms with Gasteiger partial charge in [0.15, 0.2) is 5.65 Å². The number of aromatic nitrogens is 3. The maximum atomic E-state index is 5.95. The van der Waals surface area contributed by atoms with Crippen molar-refractivity contribution in [2.24, 2.45) is 0 Å². The number of hydrogen-bond donors (Lipinski definition) is 1. The third-order valence-electron chi connectivity index (χ3n) is 1.81. The van der Waals surface area contributed by atoms with Gasteiger partial charge in [0.05, 0.1) is 23.1 Å². The van der Waals surface area contributed by atoms with E-state index < -0.39 is 0 Å². The molecule has 0 spiro atoms. The fourth-order valence-electron chi connectivity index (χ4n) is 1.14. The van der Waals surface area contributed by atoms with Crippen molar-refractivity contribution in [1.29, 1.82) is 0 Å². The van der Waals surface area contributed by atoms with Crippen LogP contribution in [0, 0.1) is 0 Å². The topological polar surface area (TPSA) is 65.2 Å². The van der Waals surface area contributed by atoms with E-state index in [0.717, 1.165) is 12.1 Å². The van der Waals surface area contributed by atoms with Gasteiger partial charge < -0.3 is 6.15 Å². The van der Waals surface area contributed by atoms with Gasteiger partial charge >= 0.3 is 0 Å². The van der Waals surface area contributed by atoms with Crippen molar-refractivity contribution in [2.45, 2.75) is 13.3 Å². The molecule has 0 amide bonds. The summed E-state index contributed by atoms with van der Waals surface area (Å²) < 4.78 is 1.57. The summed E-state index contributed by atoms with van der Waals surface area (Å²) in [6.45, 7) is 2.00. The van der Waals surface area contributed by atoms with Gasteiger partial charge in [0.25, 0.3) is 0 Å². The minimum Gasteiger partial charge on any atom is -0.344 e. The van der Waals surface area contributed by atoms with Crippen LogP contribution < -0.4 is 6.15 Å². The van der Waals surface area contributed by atoms with E-state index in [4.69, 9.17) is 23.2 Å². The van der Waals surface area contributed by atoms with Crippen LogP contribution in [0.3, 0.4) is 0 Å². The lowest BCUT2D eigenvalue weighted by atomic mass is 10.3. The molecule has 0 unspecified atom stereocenters. The van der Waals surface area contributed by atoms with Gasteiger partial charge in [-0.3, -0.25) is 0 Å². The van der Waals surface area contributed by atoms with Crippen LogP contribution in [0.15, 0.2) is 12.4 Å². The summed E-state index contributed by atoms with van der Waals surface area (Å²) in [5, 5.41) is 5.16. The molecule has 0 saturated carbocycles. The van der Waals surface area contributed by atoms with E-state index in [1.54, 1.807) is 16.9 Å². The van der Waals surface area contributed by atoms with Crippen LogP contribution in [0.5, 0.6) is 0 Å². The number of aryl methyl sites for hydroxylation is 1. The van der Waals surface area contributed by atoms with Crippen molar-refractivity contribution in [1.82, 2.24) is 20.7 Å². The van der Waals surface area contributed by atoms with Crippen molar-refractivity contribution in [3.8, 4) is 0 Å². The SMILES string of the molecule is CCc1nc2c(Cl)cnn2cc1Cl.N. The van der Waals surface area contributed by atoms with Crippen LogP contribution in [-0.2, 0) is 6.42 Å². The largest absolute Gasteiger partial charge is 0.344 e. The quantitative estimate of drug-likeness (QED) is 0.823. The lowest BCUT2D eigenvalue weighted by molar-refractivity contribution is 0.912. The molecular formula is C8H10Cl2N4. The van der Waals surface area contributed by atoms with Crippen LogP contribution in [0.1, 0.15) is 12.6 Å². The lowest BCUT2D eigenvalue weighted by Crippen LogP contribution is -1.95. The molecule has 2 aromatic heterocycles. The van der Waals surface area contributed by atoms with E-state index >= 15 is 0 Å². The first-order chi connectivity index (χ1) is 6.22. The Morgan fingerprint density at radius 3 is 2.71 bits per heavy atom. The van der Waals surface area contributed by atoms with Crippen LogP contribution in [0.2, 0.25) is 10.0 Å². The maximum Gasteiger partial charge on any atom is 0.174 e. The van der Waals surface area contributed by atoms with E-state index in [2.05, 4.69) is 10.1 Å². The van der Waals surface area contributed by atoms with E-state index in [1.165, 1.54) is 0 Å². The minimum atomic E-state index is 0. The standard InChI is InChI=1S/C8H7Cl2N3.H3N/c1-2-7-6(10)4-13-8(12-7)5(9)3-11-13;/h3-4H,2H2,1H3;1H3. The van der Waals surface area contributed by atoms with Gasteiger partial charge in [-0.2, -0.15) is 5.10 Å². The number of nitrogens with zero attached hydrogens (tertiary/aromatic N) is 3. The molecule has 14 heavy (non-hydrogen) atoms. The Labute approximate surface area is 91.4 Å². The molecule has 2 rings (SSSR count). The van der Waals surface area contributed by atoms with Crippen LogP contribution in [-0.4, -0.2) is 14.6 Å². The van der Waals surface area contributed by atoms with E-state index in [1.807, 2.05) is 6.92 Å². The molecule has 0 aliphatic rings. The first-order valence-corrected chi connectivity index (χ1v) is 4.66. The first kappa shape index (κ1) is 11.2. The number of halogens is 2. The molecule has 0 saturated heterocycles. The highest BCUT2D eigenvalue weighted by molar-refractivity contribution is 6.33. The molecule has 0 fully saturated rings. The van der Waals surface area contributed by atoms with Crippen LogP contribution in [0.4, 0.5) is 0 Å². The molecule has 4 nitrogen and oxygen atoms in total. The molecule has 2 heterocycles. The van der Waals surface area contributed by atoms with Crippen LogP contribution >= 0.6 is 23.2 Å². The number of fused-ring (bicyclic) bond motifs is 1. The third-order valence-corrected chi connectivity index (χ3v) is 2.40. The average molecular weight is 233 g/mol. The Morgan fingerprint density at radius 2 is 2.07 bits per heavy atom. The van der Waals surface area contributed by atoms with E-state index in [9.17, 15) is 0 Å². The highest BCUT2D eigenvalue weighted by atomic mass is 35.5. The normalized spacial score (nSPS) is 10.2. The molecule has 0 radical (unpaired) electrons. The Kier molecular flexibility index (Phi) is 3.31. The maximum absolute atomic E-state index is 5.95. The Balaban J connectivity index is 0.000000980. The fraction of sp³-hybridized carbons (Fsp3) is 0.250. The third kappa shape index (κ3) is 1.68. The molecule has 0 bridgehead atoms. The molecule has 0 aliphatic heterocycles. The second-order valence-electron chi connectivity index (χ2n) is 2.65. The van der Waals surface area contributed by atoms with E-state index in [-0.39, 0.29) is 6.15 Å². The zero-order chi connectivity index (χ0) is 9.42. The molecule has 3 N–H and O–H groups in total. The fourth-order valence-corrected chi connectivity index (χ4v) is 1.59. The lowest BCUT2D eigenvalue weighted by Gasteiger charge is -2.00. The zero-order valence-electron chi connectivity index (χ0n) is 7.67. The van der Waals surface area contributed by atoms with Gasteiger partial charge in [-0.05, 0) is 6.42 Å². The Morgan fingerprint density at radius 1 is 1.36 bits per heavy atom. The van der Waals surface area contributed by atoms with E-state index in [0.29, 0.717) is 15.7 Å². The molecule has 2 aromatic rings. The van der Waals surface area contributed by atoms with Crippen molar-refractivity contribution in [2.75, 3.05) is 0 Å². The van der Waals surface area contributed by atoms with Gasteiger partial charge in [-0.25, -0.2) is 9.50 Å². The monoisotopic (exact) mass is 232 g/mol. The molecule has 0 atom stereocenters. The molecule has 0 aliphatic carbocycles.